The fourth-order valence-electron chi connectivity index (χ4n) is 2.56. The number of hydrogen-bond acceptors (Lipinski definition) is 4. The quantitative estimate of drug-likeness (QED) is 0.526. The highest BCUT2D eigenvalue weighted by Crippen LogP contribution is 2.29. The molecule has 0 saturated heterocycles. The van der Waals surface area contributed by atoms with Gasteiger partial charge in [0.15, 0.2) is 5.11 Å². The van der Waals surface area contributed by atoms with Gasteiger partial charge in [-0.3, -0.25) is 4.68 Å². The summed E-state index contributed by atoms with van der Waals surface area (Å²) in [7, 11) is 3.19. The number of hydrogen-bond donors (Lipinski definition) is 2. The van der Waals surface area contributed by atoms with Crippen molar-refractivity contribution in [2.75, 3.05) is 24.9 Å². The van der Waals surface area contributed by atoms with Crippen LogP contribution in [0.2, 0.25) is 10.0 Å². The summed E-state index contributed by atoms with van der Waals surface area (Å²) in [5, 5.41) is 12.1. The van der Waals surface area contributed by atoms with E-state index >= 15 is 0 Å². The number of anilines is 2. The van der Waals surface area contributed by atoms with E-state index in [0.29, 0.717) is 38.9 Å². The van der Waals surface area contributed by atoms with Crippen molar-refractivity contribution in [3.63, 3.8) is 0 Å². The first-order valence-electron chi connectivity index (χ1n) is 8.25. The third kappa shape index (κ3) is 4.86. The van der Waals surface area contributed by atoms with E-state index in [1.165, 1.54) is 0 Å². The first-order chi connectivity index (χ1) is 13.5. The second kappa shape index (κ2) is 9.14. The maximum atomic E-state index is 6.22. The minimum absolute atomic E-state index is 0.391. The van der Waals surface area contributed by atoms with Crippen molar-refractivity contribution in [1.29, 1.82) is 0 Å². The summed E-state index contributed by atoms with van der Waals surface area (Å²) in [6.45, 7) is 0.448. The van der Waals surface area contributed by atoms with Crippen molar-refractivity contribution in [3.8, 4) is 11.5 Å². The standard InChI is InChI=1S/C19H18Cl2N4O2S/c1-26-13-6-7-18(27-2)17(8-13)24-19(28)23-12-9-22-25(10-12)11-14-15(20)4-3-5-16(14)21/h3-10H,11H2,1-2H3,(H2,23,24,28). The molecule has 3 rings (SSSR count). The molecule has 0 atom stereocenters. The number of thiocarbonyl (C=S) groups is 1. The van der Waals surface area contributed by atoms with Crippen molar-refractivity contribution >= 4 is 51.9 Å². The van der Waals surface area contributed by atoms with Crippen LogP contribution in [0, 0.1) is 0 Å². The molecule has 2 aromatic carbocycles. The average Bonchev–Trinajstić information content (AvgIpc) is 3.11. The fraction of sp³-hybridized carbons (Fsp3) is 0.158. The highest BCUT2D eigenvalue weighted by Gasteiger charge is 2.10. The van der Waals surface area contributed by atoms with E-state index in [-0.39, 0.29) is 0 Å². The van der Waals surface area contributed by atoms with Gasteiger partial charge >= 0.3 is 0 Å². The summed E-state index contributed by atoms with van der Waals surface area (Å²) in [5.74, 6) is 1.34. The van der Waals surface area contributed by atoms with Gasteiger partial charge in [-0.2, -0.15) is 5.10 Å². The molecule has 0 aliphatic carbocycles. The molecule has 1 aromatic heterocycles. The van der Waals surface area contributed by atoms with Crippen LogP contribution in [0.25, 0.3) is 0 Å². The molecule has 146 valence electrons. The second-order valence-electron chi connectivity index (χ2n) is 5.77. The molecule has 9 heteroatoms. The van der Waals surface area contributed by atoms with E-state index in [1.807, 2.05) is 12.3 Å². The Morgan fingerprint density at radius 2 is 1.86 bits per heavy atom. The molecule has 0 fully saturated rings. The lowest BCUT2D eigenvalue weighted by Gasteiger charge is -2.13. The molecule has 0 unspecified atom stereocenters. The second-order valence-corrected chi connectivity index (χ2v) is 6.99. The third-order valence-corrected chi connectivity index (χ3v) is 4.84. The van der Waals surface area contributed by atoms with E-state index in [2.05, 4.69) is 15.7 Å². The Morgan fingerprint density at radius 3 is 2.54 bits per heavy atom. The van der Waals surface area contributed by atoms with Crippen molar-refractivity contribution < 1.29 is 9.47 Å². The highest BCUT2D eigenvalue weighted by molar-refractivity contribution is 7.80. The zero-order valence-corrected chi connectivity index (χ0v) is 17.5. The zero-order valence-electron chi connectivity index (χ0n) is 15.2. The van der Waals surface area contributed by atoms with E-state index in [9.17, 15) is 0 Å². The van der Waals surface area contributed by atoms with E-state index < -0.39 is 0 Å². The molecule has 0 amide bonds. The van der Waals surface area contributed by atoms with E-state index in [1.54, 1.807) is 55.4 Å². The maximum Gasteiger partial charge on any atom is 0.175 e. The van der Waals surface area contributed by atoms with Crippen LogP contribution in [-0.2, 0) is 6.54 Å². The lowest BCUT2D eigenvalue weighted by molar-refractivity contribution is 0.405. The van der Waals surface area contributed by atoms with Crippen LogP contribution in [0.3, 0.4) is 0 Å². The van der Waals surface area contributed by atoms with Crippen LogP contribution in [0.4, 0.5) is 11.4 Å². The number of halogens is 2. The average molecular weight is 437 g/mol. The molecule has 0 radical (unpaired) electrons. The Bertz CT molecular complexity index is 974. The molecule has 1 heterocycles. The van der Waals surface area contributed by atoms with Crippen LogP contribution < -0.4 is 20.1 Å². The molecule has 0 aliphatic rings. The summed E-state index contributed by atoms with van der Waals surface area (Å²) < 4.78 is 12.3. The normalized spacial score (nSPS) is 10.4. The van der Waals surface area contributed by atoms with Gasteiger partial charge in [0.05, 0.1) is 38.3 Å². The molecule has 0 saturated carbocycles. The Hall–Kier alpha value is -2.48. The Kier molecular flexibility index (Phi) is 6.61. The predicted molar refractivity (Wildman–Crippen MR) is 117 cm³/mol. The van der Waals surface area contributed by atoms with Crippen molar-refractivity contribution in [2.24, 2.45) is 0 Å². The molecule has 3 aromatic rings. The molecule has 0 aliphatic heterocycles. The largest absolute Gasteiger partial charge is 0.497 e. The Labute approximate surface area is 178 Å². The number of nitrogens with zero attached hydrogens (tertiary/aromatic N) is 2. The highest BCUT2D eigenvalue weighted by atomic mass is 35.5. The van der Waals surface area contributed by atoms with E-state index in [4.69, 9.17) is 44.9 Å². The summed E-state index contributed by atoms with van der Waals surface area (Å²) in [6.07, 6.45) is 3.48. The van der Waals surface area contributed by atoms with Crippen molar-refractivity contribution in [1.82, 2.24) is 9.78 Å². The monoisotopic (exact) mass is 436 g/mol. The number of benzene rings is 2. The van der Waals surface area contributed by atoms with Gasteiger partial charge in [0.1, 0.15) is 11.5 Å². The minimum atomic E-state index is 0.391. The topological polar surface area (TPSA) is 60.3 Å². The van der Waals surface area contributed by atoms with Crippen LogP contribution in [-0.4, -0.2) is 29.1 Å². The Balaban J connectivity index is 1.68. The number of ether oxygens (including phenoxy) is 2. The van der Waals surface area contributed by atoms with Gasteiger partial charge in [-0.05, 0) is 36.5 Å². The fourth-order valence-corrected chi connectivity index (χ4v) is 3.30. The molecule has 2 N–H and O–H groups in total. The molecular formula is C19H18Cl2N4O2S. The lowest BCUT2D eigenvalue weighted by Crippen LogP contribution is -2.19. The SMILES string of the molecule is COc1ccc(OC)c(NC(=S)Nc2cnn(Cc3c(Cl)cccc3Cl)c2)c1. The summed E-state index contributed by atoms with van der Waals surface area (Å²) >= 11 is 17.8. The van der Waals surface area contributed by atoms with Crippen LogP contribution >= 0.6 is 35.4 Å². The smallest absolute Gasteiger partial charge is 0.175 e. The van der Waals surface area contributed by atoms with Gasteiger partial charge in [0.2, 0.25) is 0 Å². The van der Waals surface area contributed by atoms with Crippen molar-refractivity contribution in [2.45, 2.75) is 6.54 Å². The first kappa shape index (κ1) is 20.3. The zero-order chi connectivity index (χ0) is 20.1. The minimum Gasteiger partial charge on any atom is -0.497 e. The molecule has 28 heavy (non-hydrogen) atoms. The van der Waals surface area contributed by atoms with Gasteiger partial charge in [-0.25, -0.2) is 0 Å². The van der Waals surface area contributed by atoms with Gasteiger partial charge in [0.25, 0.3) is 0 Å². The molecule has 0 bridgehead atoms. The molecular weight excluding hydrogens is 419 g/mol. The van der Waals surface area contributed by atoms with Crippen molar-refractivity contribution in [3.05, 3.63) is 64.4 Å². The first-order valence-corrected chi connectivity index (χ1v) is 9.42. The maximum absolute atomic E-state index is 6.22. The van der Waals surface area contributed by atoms with Gasteiger partial charge in [-0.1, -0.05) is 29.3 Å². The Morgan fingerprint density at radius 1 is 1.11 bits per heavy atom. The lowest BCUT2D eigenvalue weighted by atomic mass is 10.2. The summed E-state index contributed by atoms with van der Waals surface area (Å²) in [5.41, 5.74) is 2.22. The number of methoxy groups -OCH3 is 2. The van der Waals surface area contributed by atoms with Crippen LogP contribution in [0.15, 0.2) is 48.8 Å². The van der Waals surface area contributed by atoms with Gasteiger partial charge in [0, 0.05) is 27.9 Å². The van der Waals surface area contributed by atoms with Gasteiger partial charge < -0.3 is 20.1 Å². The third-order valence-electron chi connectivity index (χ3n) is 3.93. The summed E-state index contributed by atoms with van der Waals surface area (Å²) in [6, 6.07) is 10.8. The van der Waals surface area contributed by atoms with E-state index in [0.717, 1.165) is 11.3 Å². The molecule has 6 nitrogen and oxygen atoms in total. The number of nitrogens with one attached hydrogen (secondary N) is 2. The predicted octanol–water partition coefficient (Wildman–Crippen LogP) is 5.06. The van der Waals surface area contributed by atoms with Gasteiger partial charge in [-0.15, -0.1) is 0 Å². The van der Waals surface area contributed by atoms with Crippen LogP contribution in [0.5, 0.6) is 11.5 Å². The number of aromatic nitrogens is 2. The van der Waals surface area contributed by atoms with Crippen LogP contribution in [0.1, 0.15) is 5.56 Å². The number of rotatable bonds is 6. The molecule has 0 spiro atoms. The summed E-state index contributed by atoms with van der Waals surface area (Å²) in [4.78, 5) is 0.